The van der Waals surface area contributed by atoms with Crippen LogP contribution in [0.4, 0.5) is 0 Å². The van der Waals surface area contributed by atoms with Crippen LogP contribution in [-0.2, 0) is 37.4 Å². The van der Waals surface area contributed by atoms with Gasteiger partial charge in [-0.25, -0.2) is 0 Å². The molecule has 0 spiro atoms. The summed E-state index contributed by atoms with van der Waals surface area (Å²) in [7, 11) is -4.03. The molecule has 0 aromatic carbocycles. The van der Waals surface area contributed by atoms with Crippen LogP contribution in [0.3, 0.4) is 0 Å². The Balaban J connectivity index is 1.44. The molecule has 0 aromatic heterocycles. The van der Waals surface area contributed by atoms with E-state index < -0.39 is 82.5 Å². The second kappa shape index (κ2) is 12.7. The third-order valence-electron chi connectivity index (χ3n) is 11.7. The number of carbonyl (C=O) groups excluding carboxylic acids is 2. The summed E-state index contributed by atoms with van der Waals surface area (Å²) in [5, 5.41) is 22.2. The maximum atomic E-state index is 13.3. The third kappa shape index (κ3) is 7.55. The number of carbonyl (C=O) groups is 2. The van der Waals surface area contributed by atoms with Crippen molar-refractivity contribution < 1.29 is 47.6 Å². The predicted molar refractivity (Wildman–Crippen MR) is 175 cm³/mol. The monoisotopic (exact) mass is 672 g/mol. The number of hydrogen-bond donors (Lipinski definition) is 2. The lowest BCUT2D eigenvalue weighted by Crippen LogP contribution is -2.70. The molecule has 0 amide bonds. The Morgan fingerprint density at radius 3 is 1.82 bits per heavy atom. The van der Waals surface area contributed by atoms with Gasteiger partial charge in [0.1, 0.15) is 30.5 Å². The van der Waals surface area contributed by atoms with Crippen molar-refractivity contribution in [3.05, 3.63) is 0 Å². The fourth-order valence-corrected chi connectivity index (χ4v) is 8.67. The van der Waals surface area contributed by atoms with Crippen molar-refractivity contribution in [3.63, 3.8) is 0 Å². The Hall–Kier alpha value is -0.546. The number of Topliss-reactive ketones (excluding diaryl/α,β-unsaturated/α-hetero) is 2. The van der Waals surface area contributed by atoms with Gasteiger partial charge in [-0.2, -0.15) is 0 Å². The van der Waals surface area contributed by atoms with Crippen LogP contribution in [0.25, 0.3) is 0 Å². The fraction of sp³-hybridized carbons (Fsp3) is 0.939. The van der Waals surface area contributed by atoms with Crippen LogP contribution in [-0.4, -0.2) is 112 Å². The minimum absolute atomic E-state index is 0.0335. The maximum Gasteiger partial charge on any atom is 0.192 e. The predicted octanol–water partition coefficient (Wildman–Crippen LogP) is 4.69. The van der Waals surface area contributed by atoms with E-state index in [0.717, 1.165) is 0 Å². The molecule has 10 nitrogen and oxygen atoms in total. The smallest absolute Gasteiger partial charge is 0.192 e. The summed E-state index contributed by atoms with van der Waals surface area (Å²) in [4.78, 5) is 26.5. The number of hydrogen-bond acceptors (Lipinski definition) is 10. The quantitative estimate of drug-likeness (QED) is 0.351. The molecule has 10 atom stereocenters. The lowest BCUT2D eigenvalue weighted by Gasteiger charge is -2.57. The number of fused-ring (bicyclic) bond motifs is 3. The molecule has 4 aliphatic rings. The van der Waals surface area contributed by atoms with Crippen LogP contribution in [0.1, 0.15) is 87.5 Å². The Morgan fingerprint density at radius 1 is 0.756 bits per heavy atom. The first-order valence-electron chi connectivity index (χ1n) is 16.8. The standard InChI is InChI=1S/C33H60O10Si2/c1-30(2,3)44(9,10)38-15-13-21-26(35)20(34)18-32(7)25(40-21)17-23-24(43-32)19-33(8)29(41-23)28(37)27(36)22(42-33)14-16-39-45(11,12)31(4,5)6/h20-25,28-29,34,37H,13-19H2,1-12H3/t20-,21+,22-,23+,24-,25-,28+,29-,32+,33+/m1/s1. The molecule has 45 heavy (non-hydrogen) atoms. The molecule has 4 heterocycles. The number of rotatable bonds is 8. The second-order valence-electron chi connectivity index (χ2n) is 17.3. The van der Waals surface area contributed by atoms with Gasteiger partial charge in [0, 0.05) is 45.3 Å². The van der Waals surface area contributed by atoms with E-state index in [1.165, 1.54) is 0 Å². The SMILES string of the molecule is CC(C)(C)[Si](C)(C)OCC[C@@H]1O[C@@H]2C[C@@H]3O[C@@H]4[C@@H](O)C(=O)[C@@H](CCO[Si](C)(C)C(C)(C)C)O[C@@]4(C)C[C@H]3O[C@@]2(C)C[C@@H](O)C1=O. The average Bonchev–Trinajstić information content (AvgIpc) is 2.97. The van der Waals surface area contributed by atoms with Gasteiger partial charge in [0.15, 0.2) is 28.2 Å². The highest BCUT2D eigenvalue weighted by molar-refractivity contribution is 6.74. The molecular formula is C33H60O10Si2. The number of ether oxygens (including phenoxy) is 4. The Labute approximate surface area is 272 Å². The van der Waals surface area contributed by atoms with E-state index in [4.69, 9.17) is 27.8 Å². The molecule has 0 unspecified atom stereocenters. The van der Waals surface area contributed by atoms with Gasteiger partial charge < -0.3 is 38.0 Å². The van der Waals surface area contributed by atoms with Crippen molar-refractivity contribution in [1.29, 1.82) is 0 Å². The van der Waals surface area contributed by atoms with E-state index in [2.05, 4.69) is 67.7 Å². The topological polar surface area (TPSA) is 130 Å². The summed E-state index contributed by atoms with van der Waals surface area (Å²) in [5.41, 5.74) is -1.90. The first-order chi connectivity index (χ1) is 20.4. The zero-order valence-electron chi connectivity index (χ0n) is 29.7. The largest absolute Gasteiger partial charge is 0.417 e. The molecule has 12 heteroatoms. The molecule has 0 aromatic rings. The highest BCUT2D eigenvalue weighted by Gasteiger charge is 2.61. The summed E-state index contributed by atoms with van der Waals surface area (Å²) in [6.07, 6.45) is -4.90. The highest BCUT2D eigenvalue weighted by atomic mass is 28.4. The molecule has 4 rings (SSSR count). The average molecular weight is 673 g/mol. The molecule has 0 radical (unpaired) electrons. The van der Waals surface area contributed by atoms with Crippen molar-refractivity contribution >= 4 is 28.2 Å². The van der Waals surface area contributed by atoms with Gasteiger partial charge in [0.05, 0.1) is 29.5 Å². The Bertz CT molecular complexity index is 1100. The van der Waals surface area contributed by atoms with Crippen molar-refractivity contribution in [1.82, 2.24) is 0 Å². The van der Waals surface area contributed by atoms with Gasteiger partial charge >= 0.3 is 0 Å². The third-order valence-corrected chi connectivity index (χ3v) is 20.7. The Kier molecular flexibility index (Phi) is 10.5. The van der Waals surface area contributed by atoms with Gasteiger partial charge in [-0.3, -0.25) is 9.59 Å². The van der Waals surface area contributed by atoms with Crippen LogP contribution in [0.15, 0.2) is 0 Å². The van der Waals surface area contributed by atoms with Gasteiger partial charge in [0.2, 0.25) is 0 Å². The van der Waals surface area contributed by atoms with Crippen molar-refractivity contribution in [2.75, 3.05) is 13.2 Å². The van der Waals surface area contributed by atoms with Crippen LogP contribution in [0, 0.1) is 0 Å². The molecule has 4 aliphatic heterocycles. The van der Waals surface area contributed by atoms with Crippen LogP contribution in [0.2, 0.25) is 36.3 Å². The lowest BCUT2D eigenvalue weighted by atomic mass is 9.75. The lowest BCUT2D eigenvalue weighted by molar-refractivity contribution is -0.326. The number of ketones is 2. The summed E-state index contributed by atoms with van der Waals surface area (Å²) < 4.78 is 38.5. The van der Waals surface area contributed by atoms with E-state index in [1.54, 1.807) is 0 Å². The van der Waals surface area contributed by atoms with Crippen molar-refractivity contribution in [2.24, 2.45) is 0 Å². The zero-order chi connectivity index (χ0) is 34.0. The number of aliphatic hydroxyl groups is 2. The minimum atomic E-state index is -2.02. The highest BCUT2D eigenvalue weighted by Crippen LogP contribution is 2.48. The molecule has 2 N–H and O–H groups in total. The van der Waals surface area contributed by atoms with Crippen LogP contribution in [0.5, 0.6) is 0 Å². The summed E-state index contributed by atoms with van der Waals surface area (Å²) in [6, 6.07) is 0. The molecule has 260 valence electrons. The van der Waals surface area contributed by atoms with E-state index in [-0.39, 0.29) is 22.3 Å². The molecular weight excluding hydrogens is 613 g/mol. The van der Waals surface area contributed by atoms with Gasteiger partial charge in [0.25, 0.3) is 0 Å². The first-order valence-corrected chi connectivity index (χ1v) is 22.6. The maximum absolute atomic E-state index is 13.3. The van der Waals surface area contributed by atoms with E-state index in [1.807, 2.05) is 13.8 Å². The Morgan fingerprint density at radius 2 is 1.29 bits per heavy atom. The molecule has 0 saturated carbocycles. The summed E-state index contributed by atoms with van der Waals surface area (Å²) >= 11 is 0. The van der Waals surface area contributed by atoms with Crippen LogP contribution < -0.4 is 0 Å². The summed E-state index contributed by atoms with van der Waals surface area (Å²) in [6.45, 7) is 26.1. The van der Waals surface area contributed by atoms with Gasteiger partial charge in [-0.05, 0) is 50.1 Å². The van der Waals surface area contributed by atoms with Gasteiger partial charge in [-0.1, -0.05) is 41.5 Å². The zero-order valence-corrected chi connectivity index (χ0v) is 31.7. The number of aliphatic hydroxyl groups excluding tert-OH is 2. The fourth-order valence-electron chi connectivity index (χ4n) is 6.55. The van der Waals surface area contributed by atoms with Gasteiger partial charge in [-0.15, -0.1) is 0 Å². The van der Waals surface area contributed by atoms with Crippen molar-refractivity contribution in [2.45, 2.75) is 184 Å². The molecule has 0 aliphatic carbocycles. The molecule has 4 fully saturated rings. The second-order valence-corrected chi connectivity index (χ2v) is 26.9. The van der Waals surface area contributed by atoms with E-state index >= 15 is 0 Å². The first kappa shape index (κ1) is 37.3. The summed E-state index contributed by atoms with van der Waals surface area (Å²) in [5.74, 6) is -0.748. The normalized spacial score (nSPS) is 40.0. The van der Waals surface area contributed by atoms with E-state index in [9.17, 15) is 19.8 Å². The van der Waals surface area contributed by atoms with Crippen LogP contribution >= 0.6 is 0 Å². The minimum Gasteiger partial charge on any atom is -0.417 e. The molecule has 4 saturated heterocycles. The molecule has 0 bridgehead atoms. The van der Waals surface area contributed by atoms with Crippen molar-refractivity contribution in [3.8, 4) is 0 Å². The van der Waals surface area contributed by atoms with E-state index in [0.29, 0.717) is 38.9 Å².